The summed E-state index contributed by atoms with van der Waals surface area (Å²) in [7, 11) is 0. The van der Waals surface area contributed by atoms with Crippen LogP contribution in [-0.4, -0.2) is 45.7 Å². The molecule has 6 nitrogen and oxygen atoms in total. The minimum absolute atomic E-state index is 0.0126. The number of nitrogens with zero attached hydrogens (tertiary/aromatic N) is 4. The van der Waals surface area contributed by atoms with Crippen molar-refractivity contribution in [1.82, 2.24) is 20.1 Å². The third-order valence-electron chi connectivity index (χ3n) is 4.72. The van der Waals surface area contributed by atoms with Crippen LogP contribution in [0.5, 0.6) is 5.88 Å². The van der Waals surface area contributed by atoms with Crippen LogP contribution in [0.25, 0.3) is 0 Å². The van der Waals surface area contributed by atoms with Gasteiger partial charge in [-0.15, -0.1) is 16.4 Å². The molecule has 1 aliphatic rings. The van der Waals surface area contributed by atoms with Gasteiger partial charge < -0.3 is 9.64 Å². The molecule has 26 heavy (non-hydrogen) atoms. The number of rotatable bonds is 4. The van der Waals surface area contributed by atoms with Gasteiger partial charge in [0.1, 0.15) is 4.88 Å². The van der Waals surface area contributed by atoms with Crippen LogP contribution in [0.15, 0.2) is 17.6 Å². The van der Waals surface area contributed by atoms with Gasteiger partial charge in [0.2, 0.25) is 5.88 Å². The molecule has 3 heterocycles. The standard InChI is InChI=1S/C19H26N4O2S/c1-13-17(26-12-20-13)18(24)23-9-7-14(8-10-23)11-25-16-6-5-15(21-22-16)19(2,3)4/h5-6,12,14H,7-11H2,1-4H3. The highest BCUT2D eigenvalue weighted by Crippen LogP contribution is 2.23. The van der Waals surface area contributed by atoms with Crippen molar-refractivity contribution in [3.8, 4) is 5.88 Å². The van der Waals surface area contributed by atoms with E-state index in [1.165, 1.54) is 11.3 Å². The van der Waals surface area contributed by atoms with Crippen molar-refractivity contribution in [2.75, 3.05) is 19.7 Å². The molecule has 3 rings (SSSR count). The van der Waals surface area contributed by atoms with E-state index in [9.17, 15) is 4.79 Å². The number of hydrogen-bond donors (Lipinski definition) is 0. The molecule has 0 atom stereocenters. The van der Waals surface area contributed by atoms with Crippen LogP contribution < -0.4 is 4.74 Å². The van der Waals surface area contributed by atoms with Crippen LogP contribution >= 0.6 is 11.3 Å². The molecule has 0 radical (unpaired) electrons. The predicted molar refractivity (Wildman–Crippen MR) is 102 cm³/mol. The number of hydrogen-bond acceptors (Lipinski definition) is 6. The molecule has 0 aromatic carbocycles. The number of carbonyl (C=O) groups is 1. The summed E-state index contributed by atoms with van der Waals surface area (Å²) in [6.45, 7) is 10.4. The monoisotopic (exact) mass is 374 g/mol. The Morgan fingerprint density at radius 2 is 2.00 bits per heavy atom. The number of aryl methyl sites for hydroxylation is 1. The lowest BCUT2D eigenvalue weighted by Gasteiger charge is -2.31. The van der Waals surface area contributed by atoms with Gasteiger partial charge in [0.25, 0.3) is 5.91 Å². The van der Waals surface area contributed by atoms with Crippen molar-refractivity contribution in [1.29, 1.82) is 0 Å². The minimum Gasteiger partial charge on any atom is -0.476 e. The lowest BCUT2D eigenvalue weighted by atomic mass is 9.92. The smallest absolute Gasteiger partial charge is 0.265 e. The number of thiazole rings is 1. The van der Waals surface area contributed by atoms with E-state index in [0.717, 1.165) is 42.2 Å². The highest BCUT2D eigenvalue weighted by Gasteiger charge is 2.26. The zero-order valence-electron chi connectivity index (χ0n) is 15.9. The van der Waals surface area contributed by atoms with E-state index in [0.29, 0.717) is 18.4 Å². The summed E-state index contributed by atoms with van der Waals surface area (Å²) in [5.41, 5.74) is 3.49. The van der Waals surface area contributed by atoms with Gasteiger partial charge in [0, 0.05) is 24.6 Å². The van der Waals surface area contributed by atoms with E-state index in [1.807, 2.05) is 24.0 Å². The van der Waals surface area contributed by atoms with Gasteiger partial charge in [-0.25, -0.2) is 4.98 Å². The van der Waals surface area contributed by atoms with Gasteiger partial charge in [-0.05, 0) is 31.7 Å². The van der Waals surface area contributed by atoms with Gasteiger partial charge >= 0.3 is 0 Å². The molecule has 2 aromatic heterocycles. The zero-order chi connectivity index (χ0) is 18.7. The topological polar surface area (TPSA) is 68.2 Å². The second kappa shape index (κ2) is 7.70. The van der Waals surface area contributed by atoms with E-state index < -0.39 is 0 Å². The zero-order valence-corrected chi connectivity index (χ0v) is 16.7. The van der Waals surface area contributed by atoms with Crippen molar-refractivity contribution in [2.24, 2.45) is 5.92 Å². The summed E-state index contributed by atoms with van der Waals surface area (Å²) < 4.78 is 5.82. The largest absolute Gasteiger partial charge is 0.476 e. The summed E-state index contributed by atoms with van der Waals surface area (Å²) in [4.78, 5) is 19.4. The first-order valence-corrected chi connectivity index (χ1v) is 9.89. The number of piperidine rings is 1. The van der Waals surface area contributed by atoms with Crippen LogP contribution in [0.4, 0.5) is 0 Å². The van der Waals surface area contributed by atoms with Gasteiger partial charge in [0.05, 0.1) is 23.5 Å². The minimum atomic E-state index is -0.0126. The van der Waals surface area contributed by atoms with E-state index >= 15 is 0 Å². The van der Waals surface area contributed by atoms with Crippen LogP contribution in [0.2, 0.25) is 0 Å². The third-order valence-corrected chi connectivity index (χ3v) is 5.63. The Bertz CT molecular complexity index is 744. The Morgan fingerprint density at radius 1 is 1.27 bits per heavy atom. The molecule has 7 heteroatoms. The first-order valence-electron chi connectivity index (χ1n) is 9.01. The highest BCUT2D eigenvalue weighted by atomic mass is 32.1. The molecule has 0 N–H and O–H groups in total. The van der Waals surface area contributed by atoms with Crippen molar-refractivity contribution >= 4 is 17.2 Å². The molecule has 0 aliphatic carbocycles. The van der Waals surface area contributed by atoms with Gasteiger partial charge in [-0.3, -0.25) is 4.79 Å². The summed E-state index contributed by atoms with van der Waals surface area (Å²) in [6.07, 6.45) is 1.88. The number of amides is 1. The quantitative estimate of drug-likeness (QED) is 0.820. The van der Waals surface area contributed by atoms with Crippen LogP contribution in [0, 0.1) is 12.8 Å². The second-order valence-corrected chi connectivity index (χ2v) is 8.68. The molecular weight excluding hydrogens is 348 g/mol. The molecule has 0 unspecified atom stereocenters. The summed E-state index contributed by atoms with van der Waals surface area (Å²) in [5, 5.41) is 8.43. The molecule has 0 saturated carbocycles. The Kier molecular flexibility index (Phi) is 5.55. The molecule has 1 saturated heterocycles. The maximum absolute atomic E-state index is 12.5. The van der Waals surface area contributed by atoms with Crippen LogP contribution in [0.3, 0.4) is 0 Å². The molecule has 0 bridgehead atoms. The van der Waals surface area contributed by atoms with E-state index in [1.54, 1.807) is 5.51 Å². The van der Waals surface area contributed by atoms with Crippen molar-refractivity contribution in [2.45, 2.75) is 46.0 Å². The lowest BCUT2D eigenvalue weighted by Crippen LogP contribution is -2.39. The SMILES string of the molecule is Cc1ncsc1C(=O)N1CCC(COc2ccc(C(C)(C)C)nn2)CC1. The first kappa shape index (κ1) is 18.8. The Labute approximate surface area is 158 Å². The lowest BCUT2D eigenvalue weighted by molar-refractivity contribution is 0.0662. The molecule has 1 amide bonds. The van der Waals surface area contributed by atoms with Gasteiger partial charge in [-0.2, -0.15) is 5.10 Å². The second-order valence-electron chi connectivity index (χ2n) is 7.82. The van der Waals surface area contributed by atoms with E-state index in [2.05, 4.69) is 36.0 Å². The molecule has 1 aliphatic heterocycles. The molecule has 2 aromatic rings. The van der Waals surface area contributed by atoms with Crippen LogP contribution in [-0.2, 0) is 5.41 Å². The van der Waals surface area contributed by atoms with Crippen LogP contribution in [0.1, 0.15) is 54.7 Å². The fourth-order valence-corrected chi connectivity index (χ4v) is 3.72. The van der Waals surface area contributed by atoms with Gasteiger partial charge in [0.15, 0.2) is 0 Å². The number of likely N-dealkylation sites (tertiary alicyclic amines) is 1. The fourth-order valence-electron chi connectivity index (χ4n) is 2.95. The van der Waals surface area contributed by atoms with Crippen molar-refractivity contribution < 1.29 is 9.53 Å². The first-order chi connectivity index (χ1) is 12.3. The highest BCUT2D eigenvalue weighted by molar-refractivity contribution is 7.11. The molecule has 140 valence electrons. The Hall–Kier alpha value is -2.02. The molecule has 1 fully saturated rings. The summed E-state index contributed by atoms with van der Waals surface area (Å²) in [6, 6.07) is 3.86. The summed E-state index contributed by atoms with van der Waals surface area (Å²) >= 11 is 1.42. The average molecular weight is 375 g/mol. The van der Waals surface area contributed by atoms with E-state index in [-0.39, 0.29) is 11.3 Å². The van der Waals surface area contributed by atoms with Crippen molar-refractivity contribution in [3.05, 3.63) is 33.9 Å². The number of aromatic nitrogens is 3. The van der Waals surface area contributed by atoms with Gasteiger partial charge in [-0.1, -0.05) is 20.8 Å². The summed E-state index contributed by atoms with van der Waals surface area (Å²) in [5.74, 6) is 1.11. The maximum Gasteiger partial charge on any atom is 0.265 e. The van der Waals surface area contributed by atoms with Crippen molar-refractivity contribution in [3.63, 3.8) is 0 Å². The number of carbonyl (C=O) groups excluding carboxylic acids is 1. The Morgan fingerprint density at radius 3 is 2.54 bits per heavy atom. The molecule has 0 spiro atoms. The average Bonchev–Trinajstić information content (AvgIpc) is 3.05. The maximum atomic E-state index is 12.5. The predicted octanol–water partition coefficient (Wildman–Crippen LogP) is 3.47. The third kappa shape index (κ3) is 4.38. The van der Waals surface area contributed by atoms with E-state index in [4.69, 9.17) is 4.74 Å². The fraction of sp³-hybridized carbons (Fsp3) is 0.579. The number of ether oxygens (including phenoxy) is 1. The molecular formula is C19H26N4O2S. The normalized spacial score (nSPS) is 15.9. The Balaban J connectivity index is 1.47.